The second-order valence-electron chi connectivity index (χ2n) is 5.52. The van der Waals surface area contributed by atoms with Crippen molar-refractivity contribution in [1.82, 2.24) is 4.57 Å². The highest BCUT2D eigenvalue weighted by Crippen LogP contribution is 2.44. The van der Waals surface area contributed by atoms with Crippen molar-refractivity contribution in [3.05, 3.63) is 63.9 Å². The van der Waals surface area contributed by atoms with Gasteiger partial charge < -0.3 is 9.68 Å². The molecule has 0 saturated heterocycles. The third-order valence-corrected chi connectivity index (χ3v) is 4.73. The zero-order valence-electron chi connectivity index (χ0n) is 32.7. The number of aryl methyl sites for hydroxylation is 1. The zero-order chi connectivity index (χ0) is 37.4. The minimum Gasteiger partial charge on any atom is -0.481 e. The summed E-state index contributed by atoms with van der Waals surface area (Å²) in [7, 11) is -6.11. The molecule has 0 amide bonds. The molecule has 2 aromatic carbocycles. The summed E-state index contributed by atoms with van der Waals surface area (Å²) in [4.78, 5) is 10.6. The van der Waals surface area contributed by atoms with E-state index in [-0.39, 0.29) is 4.57 Å². The van der Waals surface area contributed by atoms with Gasteiger partial charge in [0.15, 0.2) is 9.84 Å². The minimum absolute atomic E-state index is 0.352. The molecule has 0 spiro atoms. The van der Waals surface area contributed by atoms with Crippen molar-refractivity contribution in [3.8, 4) is 0 Å². The number of sulfone groups is 1. The van der Waals surface area contributed by atoms with Gasteiger partial charge >= 0.3 is 5.97 Å². The van der Waals surface area contributed by atoms with E-state index in [0.717, 1.165) is 0 Å². The van der Waals surface area contributed by atoms with Crippen molar-refractivity contribution < 1.29 is 47.4 Å². The van der Waals surface area contributed by atoms with E-state index in [1.165, 1.54) is 0 Å². The topological polar surface area (TPSA) is 76.4 Å². The predicted octanol–water partition coefficient (Wildman–Crippen LogP) is 4.39. The number of halogens is 2. The van der Waals surface area contributed by atoms with Crippen LogP contribution in [0.4, 0.5) is 4.39 Å². The summed E-state index contributed by atoms with van der Waals surface area (Å²) in [6, 6.07) is -8.58. The van der Waals surface area contributed by atoms with E-state index in [0.29, 0.717) is 0 Å². The fourth-order valence-electron chi connectivity index (χ4n) is 2.72. The van der Waals surface area contributed by atoms with Crippen molar-refractivity contribution in [2.24, 2.45) is 0 Å². The van der Waals surface area contributed by atoms with Crippen molar-refractivity contribution in [1.29, 1.82) is 1.43 Å². The van der Waals surface area contributed by atoms with Gasteiger partial charge in [0.05, 0.1) is 27.8 Å². The van der Waals surface area contributed by atoms with Gasteiger partial charge in [0.25, 0.3) is 1.43 Å². The molecule has 0 radical (unpaired) electrons. The molecule has 0 unspecified atom stereocenters. The van der Waals surface area contributed by atoms with E-state index in [1.807, 2.05) is 0 Å². The average molecular weight is 455 g/mol. The molecule has 1 aliphatic carbocycles. The lowest BCUT2D eigenvalue weighted by atomic mass is 10.0. The number of carbonyl (C=O) groups is 1. The average Bonchev–Trinajstić information content (AvgIpc) is 3.38. The SMILES string of the molecule is [2H]OC(=O)C([2H])([2H])[C@]1([2H])c2c(c3c([2H])c(F)c([2H])c(S(=O)(=O)C([2H])([2H])[2H])c3n2C([2H])([2H])c2c([2H])c([2H])c(Cl)c([2H])c2[2H])C([2H])([2H])C1([2H])[2H]. The Morgan fingerprint density at radius 3 is 2.97 bits per heavy atom. The Hall–Kier alpha value is -2.38. The molecule has 1 atom stereocenters. The number of carboxylic acid groups (broad SMARTS) is 1. The Kier molecular flexibility index (Phi) is 1.82. The summed E-state index contributed by atoms with van der Waals surface area (Å²) in [6.07, 6.45) is -16.6. The number of hydrogen-bond donors (Lipinski definition) is 1. The highest BCUT2D eigenvalue weighted by atomic mass is 35.5. The lowest BCUT2D eigenvalue weighted by Crippen LogP contribution is -2.12. The van der Waals surface area contributed by atoms with E-state index in [9.17, 15) is 13.2 Å². The van der Waals surface area contributed by atoms with Crippen LogP contribution in [0.1, 0.15) is 60.1 Å². The molecule has 5 nitrogen and oxygen atoms in total. The largest absolute Gasteiger partial charge is 0.481 e. The number of aliphatic carboxylic acids is 1. The first-order chi connectivity index (χ1) is 21.4. The number of rotatable bonds is 5. The fraction of sp³-hybridized carbons (Fsp3) is 0.286. The Morgan fingerprint density at radius 2 is 2.28 bits per heavy atom. The molecular weight excluding hydrogens is 417 g/mol. The van der Waals surface area contributed by atoms with E-state index in [1.54, 1.807) is 0 Å². The Balaban J connectivity index is 2.58. The van der Waals surface area contributed by atoms with Gasteiger partial charge in [0.2, 0.25) is 0 Å². The van der Waals surface area contributed by atoms with Gasteiger partial charge in [-0.25, -0.2) is 12.8 Å². The molecule has 3 aromatic rings. The van der Waals surface area contributed by atoms with E-state index in [4.69, 9.17) is 37.7 Å². The molecule has 1 heterocycles. The number of carboxylic acids is 1. The quantitative estimate of drug-likeness (QED) is 0.620. The molecule has 8 heteroatoms. The highest BCUT2D eigenvalue weighted by Gasteiger charge is 2.33. The molecule has 0 saturated carbocycles. The van der Waals surface area contributed by atoms with Crippen LogP contribution in [-0.4, -0.2) is 30.2 Å². The minimum atomic E-state index is -6.11. The van der Waals surface area contributed by atoms with Crippen LogP contribution in [-0.2, 0) is 27.5 Å². The standard InChI is InChI=1S/C21H19ClFNO4S/c1-29(27,28)18-10-15(23)9-17-16-7-4-13(8-19(25)26)20(16)24(21(17)18)11-12-2-5-14(22)6-3-12/h2-3,5-6,9-10,13H,4,7-8,11H2,1H3,(H,25,26)/t13-/m1/s1/i1D3,2D,3D,4D2,5D,6D,7D2,8D2,9D,10D,11D2,13D/hD. The monoisotopic (exact) mass is 454 g/mol. The maximum Gasteiger partial charge on any atom is 0.304 e. The lowest BCUT2D eigenvalue weighted by molar-refractivity contribution is -0.137. The van der Waals surface area contributed by atoms with Crippen LogP contribution in [0.3, 0.4) is 0 Å². The third-order valence-electron chi connectivity index (χ3n) is 3.71. The van der Waals surface area contributed by atoms with Gasteiger partial charge in [-0.1, -0.05) is 23.7 Å². The molecule has 1 N–H and O–H groups in total. The molecule has 0 aliphatic heterocycles. The smallest absolute Gasteiger partial charge is 0.304 e. The maximum atomic E-state index is 15.6. The lowest BCUT2D eigenvalue weighted by Gasteiger charge is -2.17. The first kappa shape index (κ1) is 7.39. The van der Waals surface area contributed by atoms with E-state index < -0.39 is 133 Å². The van der Waals surface area contributed by atoms with Gasteiger partial charge in [-0.2, -0.15) is 0 Å². The Bertz CT molecular complexity index is 2030. The van der Waals surface area contributed by atoms with Gasteiger partial charge in [0.1, 0.15) is 5.82 Å². The first-order valence-corrected chi connectivity index (χ1v) is 9.31. The first-order valence-electron chi connectivity index (χ1n) is 16.9. The van der Waals surface area contributed by atoms with Crippen molar-refractivity contribution in [3.63, 3.8) is 0 Å². The van der Waals surface area contributed by atoms with Gasteiger partial charge in [-0.05, 0) is 48.0 Å². The van der Waals surface area contributed by atoms with Crippen LogP contribution in [0.15, 0.2) is 41.1 Å². The molecule has 4 rings (SSSR count). The van der Waals surface area contributed by atoms with Crippen LogP contribution in [0.5, 0.6) is 0 Å². The van der Waals surface area contributed by atoms with E-state index >= 15 is 4.39 Å². The summed E-state index contributed by atoms with van der Waals surface area (Å²) in [6.45, 7) is -4.03. The van der Waals surface area contributed by atoms with Crippen molar-refractivity contribution in [2.45, 2.75) is 36.4 Å². The molecule has 0 bridgehead atoms. The zero-order valence-corrected chi connectivity index (χ0v) is 15.3. The fourth-order valence-corrected chi connectivity index (χ4v) is 3.48. The summed E-state index contributed by atoms with van der Waals surface area (Å²) >= 11 is 5.82. The van der Waals surface area contributed by atoms with Crippen LogP contribution >= 0.6 is 11.6 Å². The maximum absolute atomic E-state index is 15.6. The molecule has 1 aliphatic rings. The van der Waals surface area contributed by atoms with Crippen LogP contribution in [0.25, 0.3) is 12.3 Å². The number of hydrogen-bond acceptors (Lipinski definition) is 4. The van der Waals surface area contributed by atoms with Gasteiger partial charge in [-0.15, -0.1) is 0 Å². The molecule has 29 heavy (non-hydrogen) atoms. The Labute approximate surface area is 199 Å². The van der Waals surface area contributed by atoms with Crippen LogP contribution < -0.4 is 0 Å². The highest BCUT2D eigenvalue weighted by molar-refractivity contribution is 7.91. The summed E-state index contributed by atoms with van der Waals surface area (Å²) in [5.74, 6) is -8.82. The van der Waals surface area contributed by atoms with Gasteiger partial charge in [0, 0.05) is 48.4 Å². The summed E-state index contributed by atoms with van der Waals surface area (Å²) < 4.78 is 200. The van der Waals surface area contributed by atoms with Crippen molar-refractivity contribution >= 4 is 38.3 Å². The molecule has 152 valence electrons. The van der Waals surface area contributed by atoms with Crippen LogP contribution in [0, 0.1) is 5.82 Å². The number of aromatic nitrogens is 1. The Morgan fingerprint density at radius 1 is 1.52 bits per heavy atom. The number of benzene rings is 2. The number of fused-ring (bicyclic) bond motifs is 3. The molecular formula is C21H19ClFNO4S. The van der Waals surface area contributed by atoms with Crippen LogP contribution in [0.2, 0.25) is 5.02 Å². The summed E-state index contributed by atoms with van der Waals surface area (Å²) in [5, 5.41) is 1.24. The number of nitrogens with zero attached hydrogens (tertiary/aromatic N) is 1. The predicted molar refractivity (Wildman–Crippen MR) is 109 cm³/mol. The summed E-state index contributed by atoms with van der Waals surface area (Å²) in [5.41, 5.74) is -6.44. The normalized spacial score (nSPS) is 33.1. The van der Waals surface area contributed by atoms with E-state index in [2.05, 4.69) is 5.11 Å². The second-order valence-corrected chi connectivity index (χ2v) is 7.31. The molecule has 1 aromatic heterocycles. The second kappa shape index (κ2) is 7.15. The molecule has 0 fully saturated rings. The third kappa shape index (κ3) is 3.65. The van der Waals surface area contributed by atoms with Crippen molar-refractivity contribution in [2.75, 3.05) is 6.18 Å². The van der Waals surface area contributed by atoms with Gasteiger partial charge in [-0.3, -0.25) is 4.79 Å².